The molecule has 2 saturated carbocycles. The Bertz CT molecular complexity index is 286. The van der Waals surface area contributed by atoms with E-state index < -0.39 is 0 Å². The van der Waals surface area contributed by atoms with Gasteiger partial charge in [-0.25, -0.2) is 0 Å². The molecule has 0 bridgehead atoms. The Morgan fingerprint density at radius 3 is 2.29 bits per heavy atom. The Hall–Kier alpha value is -0.0400. The summed E-state index contributed by atoms with van der Waals surface area (Å²) in [6.07, 6.45) is 14.4. The molecule has 2 fully saturated rings. The van der Waals surface area contributed by atoms with Gasteiger partial charge in [0.25, 0.3) is 0 Å². The van der Waals surface area contributed by atoms with E-state index in [1.807, 2.05) is 0 Å². The fourth-order valence-electron chi connectivity index (χ4n) is 4.98. The molecular formula is C20H39N. The number of nitrogens with one attached hydrogen (secondary N) is 1. The maximum Gasteiger partial charge on any atom is 0.0126 e. The zero-order valence-electron chi connectivity index (χ0n) is 15.1. The number of hydrogen-bond donors (Lipinski definition) is 1. The Balaban J connectivity index is 2.02. The van der Waals surface area contributed by atoms with Crippen LogP contribution in [0, 0.1) is 23.2 Å². The lowest BCUT2D eigenvalue weighted by molar-refractivity contribution is 0.0905. The van der Waals surface area contributed by atoms with Crippen molar-refractivity contribution in [1.29, 1.82) is 0 Å². The van der Waals surface area contributed by atoms with Gasteiger partial charge in [0, 0.05) is 6.04 Å². The van der Waals surface area contributed by atoms with Crippen LogP contribution in [0.2, 0.25) is 0 Å². The predicted octanol–water partition coefficient (Wildman–Crippen LogP) is 5.79. The third kappa shape index (κ3) is 4.71. The highest BCUT2D eigenvalue weighted by Gasteiger charge is 2.38. The maximum absolute atomic E-state index is 4.00. The van der Waals surface area contributed by atoms with Crippen molar-refractivity contribution >= 4 is 0 Å². The van der Waals surface area contributed by atoms with Gasteiger partial charge in [-0.1, -0.05) is 53.4 Å². The summed E-state index contributed by atoms with van der Waals surface area (Å²) < 4.78 is 0. The maximum atomic E-state index is 4.00. The monoisotopic (exact) mass is 293 g/mol. The van der Waals surface area contributed by atoms with E-state index in [0.717, 1.165) is 23.8 Å². The zero-order chi connectivity index (χ0) is 15.3. The molecule has 0 aromatic carbocycles. The molecule has 1 heteroatoms. The first-order valence-corrected chi connectivity index (χ1v) is 9.80. The van der Waals surface area contributed by atoms with Gasteiger partial charge in [-0.15, -0.1) is 0 Å². The molecule has 2 aliphatic carbocycles. The van der Waals surface area contributed by atoms with E-state index in [4.69, 9.17) is 0 Å². The van der Waals surface area contributed by atoms with Crippen LogP contribution in [-0.4, -0.2) is 12.6 Å². The number of rotatable bonds is 6. The summed E-state index contributed by atoms with van der Waals surface area (Å²) in [5.74, 6) is 2.89. The second kappa shape index (κ2) is 7.99. The fourth-order valence-corrected chi connectivity index (χ4v) is 4.98. The topological polar surface area (TPSA) is 12.0 Å². The standard InChI is InChI=1S/C20H39N/c1-5-15-21-19(17-11-13-20(3,4)14-12-17)18-10-8-7-9-16(18)6-2/h16-19,21H,5-15H2,1-4H3. The molecule has 0 aromatic rings. The molecule has 0 heterocycles. The van der Waals surface area contributed by atoms with Crippen molar-refractivity contribution < 1.29 is 0 Å². The number of hydrogen-bond acceptors (Lipinski definition) is 1. The average molecular weight is 294 g/mol. The first kappa shape index (κ1) is 17.3. The average Bonchev–Trinajstić information content (AvgIpc) is 2.49. The first-order valence-electron chi connectivity index (χ1n) is 9.80. The SMILES string of the molecule is CCCNC(C1CCC(C)(C)CC1)C1CCCCC1CC. The van der Waals surface area contributed by atoms with Crippen molar-refractivity contribution in [2.75, 3.05) is 6.54 Å². The minimum atomic E-state index is 0.600. The highest BCUT2D eigenvalue weighted by atomic mass is 14.9. The zero-order valence-corrected chi connectivity index (χ0v) is 15.1. The molecule has 2 rings (SSSR count). The van der Waals surface area contributed by atoms with E-state index in [1.165, 1.54) is 70.8 Å². The van der Waals surface area contributed by atoms with Gasteiger partial charge in [0.2, 0.25) is 0 Å². The quantitative estimate of drug-likeness (QED) is 0.654. The summed E-state index contributed by atoms with van der Waals surface area (Å²) in [5, 5.41) is 4.00. The molecule has 0 amide bonds. The molecule has 3 atom stereocenters. The molecule has 0 saturated heterocycles. The van der Waals surface area contributed by atoms with Crippen LogP contribution in [0.4, 0.5) is 0 Å². The third-order valence-corrected chi connectivity index (χ3v) is 6.48. The normalized spacial score (nSPS) is 32.0. The van der Waals surface area contributed by atoms with Crippen molar-refractivity contribution in [3.05, 3.63) is 0 Å². The summed E-state index contributed by atoms with van der Waals surface area (Å²) in [5.41, 5.74) is 0.600. The molecule has 0 aromatic heterocycles. The Kier molecular flexibility index (Phi) is 6.59. The van der Waals surface area contributed by atoms with Crippen LogP contribution in [0.3, 0.4) is 0 Å². The molecule has 21 heavy (non-hydrogen) atoms. The molecule has 2 aliphatic rings. The summed E-state index contributed by atoms with van der Waals surface area (Å²) >= 11 is 0. The molecule has 1 N–H and O–H groups in total. The summed E-state index contributed by atoms with van der Waals surface area (Å²) in [4.78, 5) is 0. The van der Waals surface area contributed by atoms with E-state index in [1.54, 1.807) is 0 Å². The van der Waals surface area contributed by atoms with Gasteiger partial charge in [-0.2, -0.15) is 0 Å². The van der Waals surface area contributed by atoms with Gasteiger partial charge in [0.05, 0.1) is 0 Å². The van der Waals surface area contributed by atoms with Crippen molar-refractivity contribution in [3.8, 4) is 0 Å². The van der Waals surface area contributed by atoms with Crippen LogP contribution in [0.5, 0.6) is 0 Å². The van der Waals surface area contributed by atoms with Gasteiger partial charge in [-0.05, 0) is 68.2 Å². The predicted molar refractivity (Wildman–Crippen MR) is 93.6 cm³/mol. The highest BCUT2D eigenvalue weighted by Crippen LogP contribution is 2.44. The molecule has 1 nitrogen and oxygen atoms in total. The van der Waals surface area contributed by atoms with Crippen LogP contribution in [0.25, 0.3) is 0 Å². The molecule has 0 radical (unpaired) electrons. The lowest BCUT2D eigenvalue weighted by Gasteiger charge is -2.45. The Labute approximate surface area is 133 Å². The molecule has 124 valence electrons. The molecule has 3 unspecified atom stereocenters. The van der Waals surface area contributed by atoms with Crippen LogP contribution in [0.1, 0.15) is 91.9 Å². The van der Waals surface area contributed by atoms with E-state index in [9.17, 15) is 0 Å². The lowest BCUT2D eigenvalue weighted by Crippen LogP contribution is -2.47. The third-order valence-electron chi connectivity index (χ3n) is 6.48. The van der Waals surface area contributed by atoms with Crippen molar-refractivity contribution in [2.24, 2.45) is 23.2 Å². The van der Waals surface area contributed by atoms with Crippen molar-refractivity contribution in [3.63, 3.8) is 0 Å². The largest absolute Gasteiger partial charge is 0.313 e. The van der Waals surface area contributed by atoms with E-state index in [0.29, 0.717) is 5.41 Å². The smallest absolute Gasteiger partial charge is 0.0126 e. The van der Waals surface area contributed by atoms with E-state index >= 15 is 0 Å². The van der Waals surface area contributed by atoms with Gasteiger partial charge in [0.15, 0.2) is 0 Å². The van der Waals surface area contributed by atoms with Crippen LogP contribution < -0.4 is 5.32 Å². The summed E-state index contributed by atoms with van der Waals surface area (Å²) in [6, 6.07) is 0.811. The minimum absolute atomic E-state index is 0.600. The van der Waals surface area contributed by atoms with Gasteiger partial charge in [-0.3, -0.25) is 0 Å². The summed E-state index contributed by atoms with van der Waals surface area (Å²) in [7, 11) is 0. The first-order chi connectivity index (χ1) is 10.1. The van der Waals surface area contributed by atoms with Crippen molar-refractivity contribution in [1.82, 2.24) is 5.32 Å². The van der Waals surface area contributed by atoms with E-state index in [-0.39, 0.29) is 0 Å². The van der Waals surface area contributed by atoms with E-state index in [2.05, 4.69) is 33.0 Å². The van der Waals surface area contributed by atoms with Crippen LogP contribution >= 0.6 is 0 Å². The van der Waals surface area contributed by atoms with Gasteiger partial charge < -0.3 is 5.32 Å². The van der Waals surface area contributed by atoms with Crippen LogP contribution in [-0.2, 0) is 0 Å². The second-order valence-electron chi connectivity index (χ2n) is 8.60. The fraction of sp³-hybridized carbons (Fsp3) is 1.00. The van der Waals surface area contributed by atoms with Gasteiger partial charge >= 0.3 is 0 Å². The Morgan fingerprint density at radius 1 is 1.00 bits per heavy atom. The minimum Gasteiger partial charge on any atom is -0.313 e. The van der Waals surface area contributed by atoms with Crippen molar-refractivity contribution in [2.45, 2.75) is 97.9 Å². The molecular weight excluding hydrogens is 254 g/mol. The summed E-state index contributed by atoms with van der Waals surface area (Å²) in [6.45, 7) is 10.9. The van der Waals surface area contributed by atoms with Crippen LogP contribution in [0.15, 0.2) is 0 Å². The molecule has 0 spiro atoms. The highest BCUT2D eigenvalue weighted by molar-refractivity contribution is 4.92. The molecule has 0 aliphatic heterocycles. The Morgan fingerprint density at radius 2 is 1.67 bits per heavy atom. The van der Waals surface area contributed by atoms with Gasteiger partial charge in [0.1, 0.15) is 0 Å². The second-order valence-corrected chi connectivity index (χ2v) is 8.60. The lowest BCUT2D eigenvalue weighted by atomic mass is 9.65.